The molecule has 0 bridgehead atoms. The van der Waals surface area contributed by atoms with Crippen LogP contribution in [0, 0.1) is 11.8 Å². The zero-order valence-electron chi connectivity index (χ0n) is 17.6. The number of anilines is 1. The molecule has 0 saturated carbocycles. The van der Waals surface area contributed by atoms with Crippen LogP contribution in [0.25, 0.3) is 0 Å². The van der Waals surface area contributed by atoms with Crippen LogP contribution >= 0.6 is 7.60 Å². The van der Waals surface area contributed by atoms with Crippen LogP contribution < -0.4 is 5.32 Å². The summed E-state index contributed by atoms with van der Waals surface area (Å²) in [5, 5.41) is 2.98. The molecule has 0 radical (unpaired) electrons. The summed E-state index contributed by atoms with van der Waals surface area (Å²) >= 11 is 0. The van der Waals surface area contributed by atoms with Crippen molar-refractivity contribution >= 4 is 13.3 Å². The highest BCUT2D eigenvalue weighted by Gasteiger charge is 2.43. The zero-order valence-corrected chi connectivity index (χ0v) is 18.5. The van der Waals surface area contributed by atoms with Gasteiger partial charge in [0.1, 0.15) is 0 Å². The number of alkyl halides is 3. The predicted molar refractivity (Wildman–Crippen MR) is 113 cm³/mol. The molecule has 1 atom stereocenters. The summed E-state index contributed by atoms with van der Waals surface area (Å²) in [5.74, 6) is -1.28. The lowest BCUT2D eigenvalue weighted by Gasteiger charge is -2.31. The number of halogens is 3. The summed E-state index contributed by atoms with van der Waals surface area (Å²) in [5.41, 5.74) is -0.536. The molecular weight excluding hydrogens is 414 g/mol. The molecule has 0 aliphatic rings. The van der Waals surface area contributed by atoms with Gasteiger partial charge in [0.15, 0.2) is 5.78 Å². The maximum absolute atomic E-state index is 13.9. The van der Waals surface area contributed by atoms with E-state index in [1.54, 1.807) is 30.3 Å². The van der Waals surface area contributed by atoms with Crippen molar-refractivity contribution in [1.29, 1.82) is 0 Å². The molecule has 0 aliphatic heterocycles. The Balaban J connectivity index is 2.59. The van der Waals surface area contributed by atoms with Gasteiger partial charge in [-0.2, -0.15) is 13.2 Å². The van der Waals surface area contributed by atoms with E-state index in [1.165, 1.54) is 18.2 Å². The SMILES string of the molecule is CC(C)COP(=O)(OCC(C)C)[C@H](Nc1ccccc1)c1ccccc1C(F)(F)F. The third-order valence-corrected chi connectivity index (χ3v) is 6.19. The summed E-state index contributed by atoms with van der Waals surface area (Å²) in [6.07, 6.45) is -4.62. The molecule has 0 heterocycles. The van der Waals surface area contributed by atoms with Crippen LogP contribution in [0.1, 0.15) is 44.6 Å². The van der Waals surface area contributed by atoms with E-state index in [2.05, 4.69) is 5.32 Å². The van der Waals surface area contributed by atoms with Gasteiger partial charge in [0.25, 0.3) is 0 Å². The van der Waals surface area contributed by atoms with E-state index in [0.717, 1.165) is 6.07 Å². The van der Waals surface area contributed by atoms with Crippen LogP contribution in [0.15, 0.2) is 54.6 Å². The first-order valence-corrected chi connectivity index (χ1v) is 11.5. The zero-order chi connectivity index (χ0) is 22.4. The van der Waals surface area contributed by atoms with E-state index in [-0.39, 0.29) is 30.6 Å². The maximum atomic E-state index is 13.9. The van der Waals surface area contributed by atoms with Gasteiger partial charge < -0.3 is 14.4 Å². The van der Waals surface area contributed by atoms with E-state index in [4.69, 9.17) is 9.05 Å². The van der Waals surface area contributed by atoms with E-state index >= 15 is 0 Å². The molecule has 8 heteroatoms. The van der Waals surface area contributed by atoms with E-state index in [0.29, 0.717) is 5.69 Å². The summed E-state index contributed by atoms with van der Waals surface area (Å²) in [7, 11) is -4.03. The van der Waals surface area contributed by atoms with Gasteiger partial charge in [-0.1, -0.05) is 64.1 Å². The molecule has 0 aromatic heterocycles. The molecule has 2 rings (SSSR count). The Hall–Kier alpha value is -1.82. The summed E-state index contributed by atoms with van der Waals surface area (Å²) in [4.78, 5) is 0. The Bertz CT molecular complexity index is 825. The van der Waals surface area contributed by atoms with Gasteiger partial charge in [0, 0.05) is 5.69 Å². The van der Waals surface area contributed by atoms with Crippen LogP contribution in [-0.2, 0) is 19.8 Å². The first kappa shape index (κ1) is 24.4. The quantitative estimate of drug-likeness (QED) is 0.390. The second-order valence-electron chi connectivity index (χ2n) is 7.92. The molecule has 0 aliphatic carbocycles. The predicted octanol–water partition coefficient (Wildman–Crippen LogP) is 7.35. The Morgan fingerprint density at radius 1 is 0.867 bits per heavy atom. The molecule has 2 aromatic rings. The topological polar surface area (TPSA) is 47.6 Å². The van der Waals surface area contributed by atoms with Gasteiger partial charge >= 0.3 is 13.8 Å². The Morgan fingerprint density at radius 3 is 1.87 bits per heavy atom. The average molecular weight is 443 g/mol. The molecule has 30 heavy (non-hydrogen) atoms. The second kappa shape index (κ2) is 10.5. The van der Waals surface area contributed by atoms with Crippen molar-refractivity contribution in [3.8, 4) is 0 Å². The van der Waals surface area contributed by atoms with Crippen LogP contribution in [0.2, 0.25) is 0 Å². The van der Waals surface area contributed by atoms with Crippen LogP contribution in [0.4, 0.5) is 18.9 Å². The molecule has 1 N–H and O–H groups in total. The highest BCUT2D eigenvalue weighted by molar-refractivity contribution is 7.54. The summed E-state index contributed by atoms with van der Waals surface area (Å²) in [6, 6.07) is 13.7. The minimum Gasteiger partial charge on any atom is -0.368 e. The van der Waals surface area contributed by atoms with Crippen LogP contribution in [-0.4, -0.2) is 13.2 Å². The van der Waals surface area contributed by atoms with E-state index in [1.807, 2.05) is 27.7 Å². The average Bonchev–Trinajstić information content (AvgIpc) is 2.69. The standard InChI is InChI=1S/C22H29F3NO3P/c1-16(2)14-28-30(27,29-15-17(3)4)21(26-18-10-6-5-7-11-18)19-12-8-9-13-20(19)22(23,24)25/h5-13,16-17,21,26H,14-15H2,1-4H3/t21-/m0/s1. The molecule has 166 valence electrons. The number of benzene rings is 2. The minimum absolute atomic E-state index is 0.0243. The fourth-order valence-electron chi connectivity index (χ4n) is 2.71. The Kier molecular flexibility index (Phi) is 8.53. The van der Waals surface area contributed by atoms with Crippen molar-refractivity contribution in [2.24, 2.45) is 11.8 Å². The summed E-state index contributed by atoms with van der Waals surface area (Å²) < 4.78 is 66.6. The summed E-state index contributed by atoms with van der Waals surface area (Å²) in [6.45, 7) is 7.67. The minimum atomic E-state index is -4.62. The fraction of sp³-hybridized carbons (Fsp3) is 0.455. The van der Waals surface area contributed by atoms with Crippen molar-refractivity contribution in [2.45, 2.75) is 39.7 Å². The smallest absolute Gasteiger partial charge is 0.368 e. The van der Waals surface area contributed by atoms with Crippen LogP contribution in [0.3, 0.4) is 0 Å². The van der Waals surface area contributed by atoms with Gasteiger partial charge in [0.05, 0.1) is 18.8 Å². The lowest BCUT2D eigenvalue weighted by atomic mass is 10.1. The maximum Gasteiger partial charge on any atom is 0.416 e. The number of para-hydroxylation sites is 1. The monoisotopic (exact) mass is 443 g/mol. The first-order valence-electron chi connectivity index (χ1n) is 9.89. The lowest BCUT2D eigenvalue weighted by molar-refractivity contribution is -0.138. The van der Waals surface area contributed by atoms with Crippen molar-refractivity contribution < 1.29 is 26.8 Å². The van der Waals surface area contributed by atoms with E-state index < -0.39 is 25.1 Å². The van der Waals surface area contributed by atoms with Gasteiger partial charge in [0.2, 0.25) is 0 Å². The number of hydrogen-bond acceptors (Lipinski definition) is 4. The van der Waals surface area contributed by atoms with Crippen molar-refractivity contribution in [3.05, 3.63) is 65.7 Å². The molecule has 0 saturated heterocycles. The number of rotatable bonds is 10. The van der Waals surface area contributed by atoms with Gasteiger partial charge in [-0.05, 0) is 35.6 Å². The fourth-order valence-corrected chi connectivity index (χ4v) is 4.96. The highest BCUT2D eigenvalue weighted by atomic mass is 31.2. The second-order valence-corrected chi connectivity index (χ2v) is 10.0. The number of nitrogens with one attached hydrogen (secondary N) is 1. The Labute approximate surface area is 176 Å². The van der Waals surface area contributed by atoms with Crippen molar-refractivity contribution in [3.63, 3.8) is 0 Å². The Morgan fingerprint density at radius 2 is 1.37 bits per heavy atom. The molecule has 4 nitrogen and oxygen atoms in total. The lowest BCUT2D eigenvalue weighted by Crippen LogP contribution is -2.21. The molecular formula is C22H29F3NO3P. The largest absolute Gasteiger partial charge is 0.416 e. The molecule has 0 amide bonds. The first-order chi connectivity index (χ1) is 14.0. The van der Waals surface area contributed by atoms with E-state index in [9.17, 15) is 17.7 Å². The highest BCUT2D eigenvalue weighted by Crippen LogP contribution is 2.62. The van der Waals surface area contributed by atoms with Gasteiger partial charge in [-0.25, -0.2) is 0 Å². The number of hydrogen-bond donors (Lipinski definition) is 1. The molecule has 0 spiro atoms. The van der Waals surface area contributed by atoms with Crippen molar-refractivity contribution in [1.82, 2.24) is 0 Å². The van der Waals surface area contributed by atoms with Crippen molar-refractivity contribution in [2.75, 3.05) is 18.5 Å². The molecule has 0 fully saturated rings. The molecule has 2 aromatic carbocycles. The third-order valence-electron chi connectivity index (χ3n) is 4.13. The molecule has 0 unspecified atom stereocenters. The van der Waals surface area contributed by atoms with Gasteiger partial charge in [-0.3, -0.25) is 4.57 Å². The van der Waals surface area contributed by atoms with Gasteiger partial charge in [-0.15, -0.1) is 0 Å². The third kappa shape index (κ3) is 6.86. The van der Waals surface area contributed by atoms with Crippen LogP contribution in [0.5, 0.6) is 0 Å². The normalized spacial score (nSPS) is 13.6.